The predicted octanol–water partition coefficient (Wildman–Crippen LogP) is 3.41. The summed E-state index contributed by atoms with van der Waals surface area (Å²) in [4.78, 5) is 17.4. The van der Waals surface area contributed by atoms with Crippen molar-refractivity contribution < 1.29 is 9.53 Å². The van der Waals surface area contributed by atoms with E-state index in [-0.39, 0.29) is 5.97 Å². The molecule has 7 heteroatoms. The van der Waals surface area contributed by atoms with Crippen LogP contribution in [-0.4, -0.2) is 30.5 Å². The first-order chi connectivity index (χ1) is 10.1. The van der Waals surface area contributed by atoms with E-state index in [1.54, 1.807) is 24.9 Å². The van der Waals surface area contributed by atoms with Crippen molar-refractivity contribution >= 4 is 40.4 Å². The number of nitrogens with zero attached hydrogens (tertiary/aromatic N) is 2. The van der Waals surface area contributed by atoms with E-state index in [2.05, 4.69) is 20.2 Å². The number of methoxy groups -OCH3 is 1. The van der Waals surface area contributed by atoms with Gasteiger partial charge in [-0.25, -0.2) is 9.78 Å². The van der Waals surface area contributed by atoms with Crippen molar-refractivity contribution in [2.45, 2.75) is 11.8 Å². The zero-order valence-corrected chi connectivity index (χ0v) is 13.5. The topological polar surface area (TPSA) is 63.6 Å². The molecule has 1 aromatic carbocycles. The Hall–Kier alpha value is -1.86. The summed E-state index contributed by atoms with van der Waals surface area (Å²) < 4.78 is 4.69. The number of carbonyl (C=O) groups is 1. The van der Waals surface area contributed by atoms with Gasteiger partial charge in [0.15, 0.2) is 0 Å². The monoisotopic (exact) mass is 321 g/mol. The number of thiazole rings is 1. The number of aromatic nitrogens is 1. The quantitative estimate of drug-likeness (QED) is 0.396. The summed E-state index contributed by atoms with van der Waals surface area (Å²) in [6, 6.07) is 8.05. The molecular weight excluding hydrogens is 306 g/mol. The molecule has 0 amide bonds. The molecule has 0 saturated heterocycles. The Morgan fingerprint density at radius 1 is 1.43 bits per heavy atom. The summed E-state index contributed by atoms with van der Waals surface area (Å²) in [5.74, 6) is -0.380. The highest BCUT2D eigenvalue weighted by molar-refractivity contribution is 7.98. The number of hydrogen-bond acceptors (Lipinski definition) is 7. The van der Waals surface area contributed by atoms with Crippen LogP contribution in [0.15, 0.2) is 34.3 Å². The number of esters is 1. The largest absolute Gasteiger partial charge is 0.465 e. The highest BCUT2D eigenvalue weighted by Gasteiger charge is 2.15. The Balaban J connectivity index is 2.02. The van der Waals surface area contributed by atoms with E-state index < -0.39 is 0 Å². The molecule has 0 fully saturated rings. The highest BCUT2D eigenvalue weighted by Crippen LogP contribution is 2.23. The predicted molar refractivity (Wildman–Crippen MR) is 87.6 cm³/mol. The second kappa shape index (κ2) is 7.24. The second-order valence-electron chi connectivity index (χ2n) is 4.07. The first-order valence-electron chi connectivity index (χ1n) is 6.13. The average Bonchev–Trinajstić information content (AvgIpc) is 2.88. The molecule has 0 atom stereocenters. The van der Waals surface area contributed by atoms with Gasteiger partial charge in [-0.05, 0) is 30.9 Å². The third kappa shape index (κ3) is 4.05. The molecule has 21 heavy (non-hydrogen) atoms. The van der Waals surface area contributed by atoms with Crippen LogP contribution in [0, 0.1) is 6.92 Å². The molecule has 1 heterocycles. The SMILES string of the molecule is COC(=O)c1sc(N/N=C/c2ccc(SC)cc2)nc1C. The van der Waals surface area contributed by atoms with Crippen LogP contribution in [0.5, 0.6) is 0 Å². The van der Waals surface area contributed by atoms with Crippen LogP contribution in [0.4, 0.5) is 5.13 Å². The smallest absolute Gasteiger partial charge is 0.350 e. The highest BCUT2D eigenvalue weighted by atomic mass is 32.2. The molecule has 110 valence electrons. The van der Waals surface area contributed by atoms with Gasteiger partial charge in [-0.3, -0.25) is 5.43 Å². The maximum atomic E-state index is 11.5. The molecule has 1 N–H and O–H groups in total. The number of carbonyl (C=O) groups excluding carboxylic acids is 1. The average molecular weight is 321 g/mol. The van der Waals surface area contributed by atoms with Crippen molar-refractivity contribution in [2.24, 2.45) is 5.10 Å². The van der Waals surface area contributed by atoms with Crippen LogP contribution in [-0.2, 0) is 4.74 Å². The lowest BCUT2D eigenvalue weighted by Crippen LogP contribution is -1.99. The van der Waals surface area contributed by atoms with Crippen molar-refractivity contribution in [1.29, 1.82) is 0 Å². The Bertz CT molecular complexity index is 651. The zero-order chi connectivity index (χ0) is 15.2. The Labute approximate surface area is 131 Å². The van der Waals surface area contributed by atoms with E-state index in [4.69, 9.17) is 0 Å². The molecule has 0 spiro atoms. The Kier molecular flexibility index (Phi) is 5.35. The first kappa shape index (κ1) is 15.5. The molecule has 2 aromatic rings. The van der Waals surface area contributed by atoms with Gasteiger partial charge < -0.3 is 4.74 Å². The summed E-state index contributed by atoms with van der Waals surface area (Å²) >= 11 is 2.91. The summed E-state index contributed by atoms with van der Waals surface area (Å²) in [6.07, 6.45) is 3.74. The van der Waals surface area contributed by atoms with Crippen molar-refractivity contribution in [1.82, 2.24) is 4.98 Å². The van der Waals surface area contributed by atoms with Crippen molar-refractivity contribution in [3.8, 4) is 0 Å². The lowest BCUT2D eigenvalue weighted by molar-refractivity contribution is 0.0605. The van der Waals surface area contributed by atoms with Crippen molar-refractivity contribution in [3.63, 3.8) is 0 Å². The number of ether oxygens (including phenoxy) is 1. The fourth-order valence-electron chi connectivity index (χ4n) is 1.58. The molecule has 2 rings (SSSR count). The van der Waals surface area contributed by atoms with Gasteiger partial charge in [-0.2, -0.15) is 5.10 Å². The Morgan fingerprint density at radius 3 is 2.76 bits per heavy atom. The van der Waals surface area contributed by atoms with Gasteiger partial charge in [-0.1, -0.05) is 23.5 Å². The molecule has 5 nitrogen and oxygen atoms in total. The van der Waals surface area contributed by atoms with Crippen LogP contribution in [0.1, 0.15) is 20.9 Å². The minimum Gasteiger partial charge on any atom is -0.465 e. The fraction of sp³-hybridized carbons (Fsp3) is 0.214. The molecule has 0 unspecified atom stereocenters. The first-order valence-corrected chi connectivity index (χ1v) is 8.17. The van der Waals surface area contributed by atoms with Gasteiger partial charge in [0.1, 0.15) is 4.88 Å². The third-order valence-corrected chi connectivity index (χ3v) is 4.44. The summed E-state index contributed by atoms with van der Waals surface area (Å²) in [5.41, 5.74) is 4.45. The number of thioether (sulfide) groups is 1. The summed E-state index contributed by atoms with van der Waals surface area (Å²) in [6.45, 7) is 1.76. The molecule has 0 saturated carbocycles. The lowest BCUT2D eigenvalue weighted by Gasteiger charge is -1.97. The van der Waals surface area contributed by atoms with Crippen molar-refractivity contribution in [2.75, 3.05) is 18.8 Å². The fourth-order valence-corrected chi connectivity index (χ4v) is 2.82. The van der Waals surface area contributed by atoms with Gasteiger partial charge in [0.05, 0.1) is 19.0 Å². The van der Waals surface area contributed by atoms with E-state index >= 15 is 0 Å². The van der Waals surface area contributed by atoms with Crippen LogP contribution in [0.25, 0.3) is 0 Å². The summed E-state index contributed by atoms with van der Waals surface area (Å²) in [5, 5.41) is 4.68. The normalized spacial score (nSPS) is 10.8. The molecule has 0 aliphatic carbocycles. The van der Waals surface area contributed by atoms with E-state index in [1.165, 1.54) is 23.3 Å². The molecule has 0 aliphatic heterocycles. The number of nitrogens with one attached hydrogen (secondary N) is 1. The Morgan fingerprint density at radius 2 is 2.14 bits per heavy atom. The van der Waals surface area contributed by atoms with Crippen LogP contribution >= 0.6 is 23.1 Å². The van der Waals surface area contributed by atoms with Gasteiger partial charge in [0.2, 0.25) is 5.13 Å². The van der Waals surface area contributed by atoms with E-state index in [9.17, 15) is 4.79 Å². The van der Waals surface area contributed by atoms with Gasteiger partial charge in [-0.15, -0.1) is 11.8 Å². The van der Waals surface area contributed by atoms with Crippen molar-refractivity contribution in [3.05, 3.63) is 40.4 Å². The van der Waals surface area contributed by atoms with Gasteiger partial charge >= 0.3 is 5.97 Å². The van der Waals surface area contributed by atoms with Gasteiger partial charge in [0.25, 0.3) is 0 Å². The molecule has 1 aromatic heterocycles. The minimum absolute atomic E-state index is 0.380. The number of rotatable bonds is 5. The number of aryl methyl sites for hydroxylation is 1. The zero-order valence-electron chi connectivity index (χ0n) is 11.9. The molecular formula is C14H15N3O2S2. The maximum absolute atomic E-state index is 11.5. The van der Waals surface area contributed by atoms with E-state index in [0.29, 0.717) is 15.7 Å². The number of hydrogen-bond donors (Lipinski definition) is 1. The number of hydrazone groups is 1. The summed E-state index contributed by atoms with van der Waals surface area (Å²) in [7, 11) is 1.35. The van der Waals surface area contributed by atoms with Crippen LogP contribution < -0.4 is 5.43 Å². The molecule has 0 bridgehead atoms. The van der Waals surface area contributed by atoms with Gasteiger partial charge in [0, 0.05) is 4.90 Å². The number of anilines is 1. The second-order valence-corrected chi connectivity index (χ2v) is 5.95. The standard InChI is InChI=1S/C14H15N3O2S2/c1-9-12(13(18)19-2)21-14(16-9)17-15-8-10-4-6-11(20-3)7-5-10/h4-8H,1-3H3,(H,16,17)/b15-8+. The lowest BCUT2D eigenvalue weighted by atomic mass is 10.2. The van der Waals surface area contributed by atoms with E-state index in [1.807, 2.05) is 30.5 Å². The van der Waals surface area contributed by atoms with Crippen LogP contribution in [0.3, 0.4) is 0 Å². The van der Waals surface area contributed by atoms with E-state index in [0.717, 1.165) is 5.56 Å². The third-order valence-electron chi connectivity index (χ3n) is 2.66. The number of benzene rings is 1. The maximum Gasteiger partial charge on any atom is 0.350 e. The van der Waals surface area contributed by atoms with Crippen LogP contribution in [0.2, 0.25) is 0 Å². The minimum atomic E-state index is -0.380. The molecule has 0 aliphatic rings. The molecule has 0 radical (unpaired) electrons.